The van der Waals surface area contributed by atoms with Gasteiger partial charge in [-0.1, -0.05) is 0 Å². The van der Waals surface area contributed by atoms with E-state index in [-0.39, 0.29) is 12.1 Å². The maximum Gasteiger partial charge on any atom is 0.314 e. The van der Waals surface area contributed by atoms with E-state index >= 15 is 0 Å². The quantitative estimate of drug-likeness (QED) is 0.540. The van der Waals surface area contributed by atoms with E-state index in [1.807, 2.05) is 0 Å². The lowest BCUT2D eigenvalue weighted by molar-refractivity contribution is 0.111. The minimum atomic E-state index is -0.131. The van der Waals surface area contributed by atoms with Crippen LogP contribution >= 0.6 is 0 Å². The van der Waals surface area contributed by atoms with E-state index in [2.05, 4.69) is 10.6 Å². The number of nitrogens with one attached hydrogen (secondary N) is 2. The van der Waals surface area contributed by atoms with Crippen molar-refractivity contribution in [2.45, 2.75) is 25.4 Å². The van der Waals surface area contributed by atoms with Crippen molar-refractivity contribution in [1.82, 2.24) is 10.6 Å². The highest BCUT2D eigenvalue weighted by atomic mass is 16.5. The lowest BCUT2D eigenvalue weighted by atomic mass is 10.2. The molecule has 1 atom stereocenters. The summed E-state index contributed by atoms with van der Waals surface area (Å²) in [6.07, 6.45) is 3.16. The van der Waals surface area contributed by atoms with Gasteiger partial charge in [-0.2, -0.15) is 0 Å². The molecule has 1 heterocycles. The van der Waals surface area contributed by atoms with Crippen LogP contribution in [0.1, 0.15) is 19.3 Å². The molecule has 0 aromatic carbocycles. The van der Waals surface area contributed by atoms with Crippen molar-refractivity contribution in [1.29, 1.82) is 0 Å². The topological polar surface area (TPSA) is 76.4 Å². The molecule has 0 aromatic heterocycles. The van der Waals surface area contributed by atoms with Crippen LogP contribution in [0.3, 0.4) is 0 Å². The first kappa shape index (κ1) is 11.3. The highest BCUT2D eigenvalue weighted by Gasteiger charge is 2.15. The smallest absolute Gasteiger partial charge is 0.314 e. The van der Waals surface area contributed by atoms with Crippen molar-refractivity contribution in [3.05, 3.63) is 0 Å². The normalized spacial score (nSPS) is 20.8. The number of hydrogen-bond acceptors (Lipinski definition) is 3. The summed E-state index contributed by atoms with van der Waals surface area (Å²) < 4.78 is 5.37. The van der Waals surface area contributed by atoms with E-state index in [1.54, 1.807) is 0 Å². The zero-order valence-corrected chi connectivity index (χ0v) is 8.42. The Balaban J connectivity index is 1.96. The van der Waals surface area contributed by atoms with Crippen LogP contribution in [0.15, 0.2) is 0 Å². The molecule has 0 aromatic rings. The van der Waals surface area contributed by atoms with Gasteiger partial charge < -0.3 is 21.1 Å². The lowest BCUT2D eigenvalue weighted by Gasteiger charge is -2.11. The fourth-order valence-electron chi connectivity index (χ4n) is 1.38. The molecule has 1 saturated heterocycles. The summed E-state index contributed by atoms with van der Waals surface area (Å²) >= 11 is 0. The van der Waals surface area contributed by atoms with Gasteiger partial charge in [0, 0.05) is 19.7 Å². The Morgan fingerprint density at radius 1 is 1.50 bits per heavy atom. The number of amides is 2. The first-order valence-electron chi connectivity index (χ1n) is 5.16. The SMILES string of the molecule is NCCCNC(=O)NCC1CCCO1. The molecule has 1 aliphatic rings. The van der Waals surface area contributed by atoms with Crippen LogP contribution in [0, 0.1) is 0 Å². The summed E-state index contributed by atoms with van der Waals surface area (Å²) in [6.45, 7) is 2.66. The first-order chi connectivity index (χ1) is 6.83. The minimum absolute atomic E-state index is 0.131. The van der Waals surface area contributed by atoms with Gasteiger partial charge in [0.15, 0.2) is 0 Å². The van der Waals surface area contributed by atoms with Gasteiger partial charge in [-0.15, -0.1) is 0 Å². The number of rotatable bonds is 5. The molecule has 5 heteroatoms. The molecule has 0 bridgehead atoms. The zero-order valence-electron chi connectivity index (χ0n) is 8.42. The largest absolute Gasteiger partial charge is 0.376 e. The molecule has 1 rings (SSSR count). The van der Waals surface area contributed by atoms with Gasteiger partial charge in [0.05, 0.1) is 6.10 Å². The average molecular weight is 201 g/mol. The van der Waals surface area contributed by atoms with Crippen molar-refractivity contribution in [3.8, 4) is 0 Å². The van der Waals surface area contributed by atoms with Crippen LogP contribution in [-0.4, -0.2) is 38.4 Å². The van der Waals surface area contributed by atoms with Crippen LogP contribution in [-0.2, 0) is 4.74 Å². The predicted octanol–water partition coefficient (Wildman–Crippen LogP) is -0.187. The summed E-state index contributed by atoms with van der Waals surface area (Å²) in [4.78, 5) is 11.2. The van der Waals surface area contributed by atoms with E-state index in [1.165, 1.54) is 0 Å². The van der Waals surface area contributed by atoms with Crippen LogP contribution in [0.5, 0.6) is 0 Å². The van der Waals surface area contributed by atoms with E-state index in [0.717, 1.165) is 25.9 Å². The van der Waals surface area contributed by atoms with Crippen LogP contribution in [0.25, 0.3) is 0 Å². The molecule has 2 amide bonds. The second kappa shape index (κ2) is 6.62. The number of ether oxygens (including phenoxy) is 1. The third kappa shape index (κ3) is 4.43. The number of nitrogens with two attached hydrogens (primary N) is 1. The Bertz CT molecular complexity index is 169. The summed E-state index contributed by atoms with van der Waals surface area (Å²) in [6, 6.07) is -0.131. The predicted molar refractivity (Wildman–Crippen MR) is 54.0 cm³/mol. The first-order valence-corrected chi connectivity index (χ1v) is 5.16. The lowest BCUT2D eigenvalue weighted by Crippen LogP contribution is -2.40. The molecule has 82 valence electrons. The highest BCUT2D eigenvalue weighted by molar-refractivity contribution is 5.73. The molecule has 0 saturated carbocycles. The van der Waals surface area contributed by atoms with Crippen molar-refractivity contribution >= 4 is 6.03 Å². The molecule has 5 nitrogen and oxygen atoms in total. The summed E-state index contributed by atoms with van der Waals surface area (Å²) in [5.41, 5.74) is 5.30. The molecule has 4 N–H and O–H groups in total. The van der Waals surface area contributed by atoms with Gasteiger partial charge in [0.2, 0.25) is 0 Å². The second-order valence-electron chi connectivity index (χ2n) is 3.41. The Labute approximate surface area is 84.4 Å². The van der Waals surface area contributed by atoms with Gasteiger partial charge in [-0.3, -0.25) is 0 Å². The highest BCUT2D eigenvalue weighted by Crippen LogP contribution is 2.10. The third-order valence-corrected chi connectivity index (χ3v) is 2.18. The van der Waals surface area contributed by atoms with Crippen LogP contribution < -0.4 is 16.4 Å². The average Bonchev–Trinajstić information content (AvgIpc) is 2.68. The number of carbonyl (C=O) groups is 1. The molecule has 0 spiro atoms. The van der Waals surface area contributed by atoms with Gasteiger partial charge in [0.1, 0.15) is 0 Å². The molecular formula is C9H19N3O2. The van der Waals surface area contributed by atoms with Gasteiger partial charge in [0.25, 0.3) is 0 Å². The van der Waals surface area contributed by atoms with E-state index in [0.29, 0.717) is 19.6 Å². The molecule has 0 radical (unpaired) electrons. The second-order valence-corrected chi connectivity index (χ2v) is 3.41. The van der Waals surface area contributed by atoms with Crippen molar-refractivity contribution in [2.75, 3.05) is 26.2 Å². The summed E-state index contributed by atoms with van der Waals surface area (Å²) in [5.74, 6) is 0. The van der Waals surface area contributed by atoms with Gasteiger partial charge in [-0.25, -0.2) is 4.79 Å². The number of hydrogen-bond donors (Lipinski definition) is 3. The molecule has 1 aliphatic heterocycles. The maximum absolute atomic E-state index is 11.2. The Kier molecular flexibility index (Phi) is 5.32. The molecular weight excluding hydrogens is 182 g/mol. The summed E-state index contributed by atoms with van der Waals surface area (Å²) in [7, 11) is 0. The van der Waals surface area contributed by atoms with Gasteiger partial charge >= 0.3 is 6.03 Å². The Morgan fingerprint density at radius 3 is 3.00 bits per heavy atom. The van der Waals surface area contributed by atoms with Crippen molar-refractivity contribution in [3.63, 3.8) is 0 Å². The molecule has 1 fully saturated rings. The molecule has 14 heavy (non-hydrogen) atoms. The number of urea groups is 1. The third-order valence-electron chi connectivity index (χ3n) is 2.18. The summed E-state index contributed by atoms with van der Waals surface area (Å²) in [5, 5.41) is 5.49. The Morgan fingerprint density at radius 2 is 2.36 bits per heavy atom. The van der Waals surface area contributed by atoms with E-state index < -0.39 is 0 Å². The fourth-order valence-corrected chi connectivity index (χ4v) is 1.38. The monoisotopic (exact) mass is 201 g/mol. The van der Waals surface area contributed by atoms with Gasteiger partial charge in [-0.05, 0) is 25.8 Å². The van der Waals surface area contributed by atoms with Crippen molar-refractivity contribution in [2.24, 2.45) is 5.73 Å². The maximum atomic E-state index is 11.2. The molecule has 0 aliphatic carbocycles. The van der Waals surface area contributed by atoms with Crippen LogP contribution in [0.2, 0.25) is 0 Å². The van der Waals surface area contributed by atoms with E-state index in [9.17, 15) is 4.79 Å². The van der Waals surface area contributed by atoms with E-state index in [4.69, 9.17) is 10.5 Å². The molecule has 1 unspecified atom stereocenters. The van der Waals surface area contributed by atoms with Crippen molar-refractivity contribution < 1.29 is 9.53 Å². The fraction of sp³-hybridized carbons (Fsp3) is 0.889. The minimum Gasteiger partial charge on any atom is -0.376 e. The Hall–Kier alpha value is -0.810. The number of carbonyl (C=O) groups excluding carboxylic acids is 1. The van der Waals surface area contributed by atoms with Crippen LogP contribution in [0.4, 0.5) is 4.79 Å². The zero-order chi connectivity index (χ0) is 10.2. The standard InChI is InChI=1S/C9H19N3O2/c10-4-2-5-11-9(13)12-7-8-3-1-6-14-8/h8H,1-7,10H2,(H2,11,12,13).